The summed E-state index contributed by atoms with van der Waals surface area (Å²) in [6.45, 7) is 5.82. The summed E-state index contributed by atoms with van der Waals surface area (Å²) in [5.41, 5.74) is 2.68. The van der Waals surface area contributed by atoms with E-state index in [1.807, 2.05) is 20.8 Å². The van der Waals surface area contributed by atoms with Crippen LogP contribution in [0.5, 0.6) is 0 Å². The normalized spacial score (nSPS) is 11.0. The lowest BCUT2D eigenvalue weighted by Gasteiger charge is -2.19. The Kier molecular flexibility index (Phi) is 7.28. The average molecular weight is 469 g/mol. The number of carbonyl (C=O) groups excluding carboxylic acids is 1. The molecule has 0 aliphatic rings. The number of hydrogen-bond donors (Lipinski definition) is 2. The molecule has 1 N–H and O–H groups in total. The number of halogens is 1. The van der Waals surface area contributed by atoms with Crippen LogP contribution in [0, 0.1) is 11.3 Å². The molecule has 0 fully saturated rings. The third-order valence-corrected chi connectivity index (χ3v) is 4.89. The summed E-state index contributed by atoms with van der Waals surface area (Å²) >= 11 is 10.6. The molecule has 1 amide bonds. The first kappa shape index (κ1) is 23.4. The van der Waals surface area contributed by atoms with E-state index >= 15 is 0 Å². The van der Waals surface area contributed by atoms with Gasteiger partial charge in [0.1, 0.15) is 11.7 Å². The van der Waals surface area contributed by atoms with E-state index in [9.17, 15) is 10.1 Å². The molecule has 0 spiro atoms. The molecular formula is C22H21ClN6O2S. The Morgan fingerprint density at radius 3 is 2.59 bits per heavy atom. The molecule has 0 bridgehead atoms. The number of hydrogen-bond acceptors (Lipinski definition) is 8. The summed E-state index contributed by atoms with van der Waals surface area (Å²) in [6.07, 6.45) is 5.00. The average Bonchev–Trinajstić information content (AvgIpc) is 2.73. The van der Waals surface area contributed by atoms with Gasteiger partial charge in [0.25, 0.3) is 0 Å². The maximum Gasteiger partial charge on any atom is 0.407 e. The van der Waals surface area contributed by atoms with Gasteiger partial charge in [-0.15, -0.1) is 17.7 Å². The van der Waals surface area contributed by atoms with Gasteiger partial charge < -0.3 is 10.1 Å². The lowest BCUT2D eigenvalue weighted by atomic mass is 9.98. The van der Waals surface area contributed by atoms with Gasteiger partial charge in [-0.05, 0) is 51.0 Å². The minimum absolute atomic E-state index is 0.220. The number of thiol groups is 1. The third-order valence-electron chi connectivity index (χ3n) is 4.24. The van der Waals surface area contributed by atoms with Crippen molar-refractivity contribution in [3.8, 4) is 28.6 Å². The molecule has 0 unspecified atom stereocenters. The van der Waals surface area contributed by atoms with E-state index in [0.29, 0.717) is 45.9 Å². The largest absolute Gasteiger partial charge is 0.444 e. The smallest absolute Gasteiger partial charge is 0.407 e. The molecule has 1 aromatic carbocycles. The highest BCUT2D eigenvalue weighted by atomic mass is 35.5. The first-order chi connectivity index (χ1) is 15.2. The molecule has 0 radical (unpaired) electrons. The zero-order valence-corrected chi connectivity index (χ0v) is 19.4. The van der Waals surface area contributed by atoms with Crippen LogP contribution in [-0.4, -0.2) is 38.4 Å². The number of aromatic nitrogens is 4. The van der Waals surface area contributed by atoms with Crippen molar-refractivity contribution in [2.45, 2.75) is 37.7 Å². The van der Waals surface area contributed by atoms with Gasteiger partial charge in [0, 0.05) is 40.5 Å². The molecule has 0 saturated carbocycles. The fourth-order valence-electron chi connectivity index (χ4n) is 2.88. The lowest BCUT2D eigenvalue weighted by Crippen LogP contribution is -2.33. The van der Waals surface area contributed by atoms with Crippen molar-refractivity contribution < 1.29 is 9.53 Å². The highest BCUT2D eigenvalue weighted by Crippen LogP contribution is 2.37. The van der Waals surface area contributed by atoms with E-state index in [4.69, 9.17) is 16.3 Å². The minimum atomic E-state index is -0.548. The minimum Gasteiger partial charge on any atom is -0.444 e. The molecule has 164 valence electrons. The molecule has 0 atom stereocenters. The highest BCUT2D eigenvalue weighted by Gasteiger charge is 2.18. The Morgan fingerprint density at radius 2 is 1.97 bits per heavy atom. The summed E-state index contributed by atoms with van der Waals surface area (Å²) in [5.74, 6) is 0.455. The number of rotatable bonds is 5. The summed E-state index contributed by atoms with van der Waals surface area (Å²) in [7, 11) is 0. The summed E-state index contributed by atoms with van der Waals surface area (Å²) in [6, 6.07) is 7.20. The van der Waals surface area contributed by atoms with Crippen molar-refractivity contribution >= 4 is 30.3 Å². The van der Waals surface area contributed by atoms with Crippen molar-refractivity contribution in [2.75, 3.05) is 6.54 Å². The van der Waals surface area contributed by atoms with Gasteiger partial charge in [0.15, 0.2) is 11.0 Å². The van der Waals surface area contributed by atoms with Crippen LogP contribution in [0.15, 0.2) is 41.7 Å². The van der Waals surface area contributed by atoms with Gasteiger partial charge in [-0.3, -0.25) is 0 Å². The molecule has 0 aliphatic heterocycles. The molecule has 10 heteroatoms. The first-order valence-corrected chi connectivity index (χ1v) is 10.5. The van der Waals surface area contributed by atoms with Crippen LogP contribution in [0.1, 0.15) is 31.9 Å². The molecule has 3 aromatic rings. The van der Waals surface area contributed by atoms with Crippen LogP contribution in [0.2, 0.25) is 5.15 Å². The van der Waals surface area contributed by atoms with E-state index in [-0.39, 0.29) is 5.15 Å². The zero-order valence-electron chi connectivity index (χ0n) is 17.8. The number of ether oxygens (including phenoxy) is 1. The summed E-state index contributed by atoms with van der Waals surface area (Å²) in [4.78, 5) is 21.2. The SMILES string of the molecule is CC(C)(C)OC(=O)NCCc1cnc(-c2ccc(C#N)c(S)c2-c2cnnc(Cl)c2)nc1. The topological polar surface area (TPSA) is 114 Å². The molecule has 2 aromatic heterocycles. The Bertz CT molecular complexity index is 1170. The maximum absolute atomic E-state index is 11.8. The third kappa shape index (κ3) is 5.93. The number of nitrogens with one attached hydrogen (secondary N) is 1. The van der Waals surface area contributed by atoms with Crippen LogP contribution in [0.25, 0.3) is 22.5 Å². The Hall–Kier alpha value is -3.22. The second-order valence-electron chi connectivity index (χ2n) is 7.86. The Labute approximate surface area is 196 Å². The highest BCUT2D eigenvalue weighted by molar-refractivity contribution is 7.80. The molecular weight excluding hydrogens is 448 g/mol. The summed E-state index contributed by atoms with van der Waals surface area (Å²) in [5, 5.41) is 20.0. The van der Waals surface area contributed by atoms with Crippen molar-refractivity contribution in [3.63, 3.8) is 0 Å². The first-order valence-electron chi connectivity index (χ1n) is 9.71. The predicted molar refractivity (Wildman–Crippen MR) is 123 cm³/mol. The van der Waals surface area contributed by atoms with Crippen LogP contribution >= 0.6 is 24.2 Å². The molecule has 8 nitrogen and oxygen atoms in total. The van der Waals surface area contributed by atoms with Crippen molar-refractivity contribution in [1.82, 2.24) is 25.5 Å². The molecule has 0 saturated heterocycles. The predicted octanol–water partition coefficient (Wildman–Crippen LogP) is 4.48. The van der Waals surface area contributed by atoms with E-state index in [1.165, 1.54) is 0 Å². The van der Waals surface area contributed by atoms with Crippen LogP contribution in [0.4, 0.5) is 4.79 Å². The van der Waals surface area contributed by atoms with Crippen molar-refractivity contribution in [1.29, 1.82) is 5.26 Å². The van der Waals surface area contributed by atoms with Gasteiger partial charge in [-0.2, -0.15) is 10.4 Å². The van der Waals surface area contributed by atoms with E-state index < -0.39 is 11.7 Å². The van der Waals surface area contributed by atoms with E-state index in [0.717, 1.165) is 5.56 Å². The van der Waals surface area contributed by atoms with Crippen molar-refractivity contribution in [3.05, 3.63) is 53.1 Å². The van der Waals surface area contributed by atoms with E-state index in [1.54, 1.807) is 36.8 Å². The number of carbonyl (C=O) groups is 1. The van der Waals surface area contributed by atoms with Crippen LogP contribution < -0.4 is 5.32 Å². The van der Waals surface area contributed by atoms with Crippen LogP contribution in [0.3, 0.4) is 0 Å². The van der Waals surface area contributed by atoms with Gasteiger partial charge in [0.2, 0.25) is 0 Å². The second-order valence-corrected chi connectivity index (χ2v) is 8.69. The number of nitriles is 1. The van der Waals surface area contributed by atoms with Gasteiger partial charge in [-0.25, -0.2) is 14.8 Å². The van der Waals surface area contributed by atoms with Gasteiger partial charge in [0.05, 0.1) is 11.8 Å². The monoisotopic (exact) mass is 468 g/mol. The zero-order chi connectivity index (χ0) is 23.3. The van der Waals surface area contributed by atoms with Crippen molar-refractivity contribution in [2.24, 2.45) is 0 Å². The van der Waals surface area contributed by atoms with E-state index in [2.05, 4.69) is 44.2 Å². The number of benzene rings is 1. The number of nitrogens with zero attached hydrogens (tertiary/aromatic N) is 5. The lowest BCUT2D eigenvalue weighted by molar-refractivity contribution is 0.0528. The quantitative estimate of drug-likeness (QED) is 0.530. The van der Waals surface area contributed by atoms with Gasteiger partial charge in [-0.1, -0.05) is 11.6 Å². The molecule has 32 heavy (non-hydrogen) atoms. The molecule has 3 rings (SSSR count). The summed E-state index contributed by atoms with van der Waals surface area (Å²) < 4.78 is 5.22. The molecule has 2 heterocycles. The maximum atomic E-state index is 11.8. The second kappa shape index (κ2) is 9.94. The fraction of sp³-hybridized carbons (Fsp3) is 0.273. The number of amides is 1. The number of alkyl carbamates (subject to hydrolysis) is 1. The Morgan fingerprint density at radius 1 is 1.25 bits per heavy atom. The fourth-order valence-corrected chi connectivity index (χ4v) is 3.42. The molecule has 0 aliphatic carbocycles. The Balaban J connectivity index is 1.82. The van der Waals surface area contributed by atoms with Gasteiger partial charge >= 0.3 is 6.09 Å². The standard InChI is InChI=1S/C22H21ClN6O2S/c1-22(2,3)31-21(30)25-7-6-13-10-26-20(27-11-13)16-5-4-14(9-24)19(32)18(16)15-8-17(23)29-28-12-15/h4-5,8,10-12,32H,6-7H2,1-3H3,(H,25,30). The van der Waals surface area contributed by atoms with Crippen LogP contribution in [-0.2, 0) is 11.2 Å².